The van der Waals surface area contributed by atoms with Gasteiger partial charge in [-0.05, 0) is 42.8 Å². The van der Waals surface area contributed by atoms with Crippen LogP contribution in [0, 0.1) is 6.92 Å². The number of rotatable bonds is 5. The predicted molar refractivity (Wildman–Crippen MR) is 117 cm³/mol. The second kappa shape index (κ2) is 7.57. The number of fused-ring (bicyclic) bond motifs is 1. The lowest BCUT2D eigenvalue weighted by Gasteiger charge is -2.05. The fourth-order valence-corrected chi connectivity index (χ4v) is 4.36. The highest BCUT2D eigenvalue weighted by Gasteiger charge is 2.17. The molecule has 1 amide bonds. The van der Waals surface area contributed by atoms with Gasteiger partial charge in [-0.2, -0.15) is 20.1 Å². The van der Waals surface area contributed by atoms with Crippen molar-refractivity contribution in [1.82, 2.24) is 24.8 Å². The van der Waals surface area contributed by atoms with Crippen molar-refractivity contribution in [1.29, 1.82) is 0 Å². The number of hydrogen-bond acceptors (Lipinski definition) is 5. The van der Waals surface area contributed by atoms with Gasteiger partial charge in [-0.3, -0.25) is 9.48 Å². The summed E-state index contributed by atoms with van der Waals surface area (Å²) in [6.07, 6.45) is 3.25. The van der Waals surface area contributed by atoms with Crippen LogP contribution in [0.2, 0.25) is 0 Å². The van der Waals surface area contributed by atoms with Gasteiger partial charge in [0.05, 0.1) is 35.2 Å². The van der Waals surface area contributed by atoms with Crippen LogP contribution in [0.1, 0.15) is 20.9 Å². The SMILES string of the molecule is Cc1nn(Cc2ccccc2)c2sc(C(=O)Nc3ccc(-n4nccn4)cc3)cc12. The van der Waals surface area contributed by atoms with E-state index in [1.807, 2.05) is 60.1 Å². The van der Waals surface area contributed by atoms with E-state index in [0.29, 0.717) is 11.4 Å². The van der Waals surface area contributed by atoms with E-state index >= 15 is 0 Å². The molecule has 0 saturated heterocycles. The molecule has 0 fully saturated rings. The first kappa shape index (κ1) is 18.3. The Hall–Kier alpha value is -3.78. The Balaban J connectivity index is 1.37. The number of thiophene rings is 1. The number of hydrogen-bond donors (Lipinski definition) is 1. The molecule has 0 bridgehead atoms. The van der Waals surface area contributed by atoms with Crippen molar-refractivity contribution in [2.45, 2.75) is 13.5 Å². The molecule has 0 radical (unpaired) electrons. The van der Waals surface area contributed by atoms with Crippen LogP contribution in [0.3, 0.4) is 0 Å². The summed E-state index contributed by atoms with van der Waals surface area (Å²) in [6.45, 7) is 2.65. The normalized spacial score (nSPS) is 11.1. The molecule has 1 N–H and O–H groups in total. The largest absolute Gasteiger partial charge is 0.321 e. The van der Waals surface area contributed by atoms with E-state index < -0.39 is 0 Å². The van der Waals surface area contributed by atoms with Crippen molar-refractivity contribution in [2.24, 2.45) is 0 Å². The number of carbonyl (C=O) groups excluding carboxylic acids is 1. The third-order valence-corrected chi connectivity index (χ3v) is 5.93. The Bertz CT molecular complexity index is 1300. The fraction of sp³-hybridized carbons (Fsp3) is 0.0909. The molecule has 3 heterocycles. The second-order valence-electron chi connectivity index (χ2n) is 6.88. The van der Waals surface area contributed by atoms with Gasteiger partial charge in [0.2, 0.25) is 0 Å². The molecule has 0 spiro atoms. The van der Waals surface area contributed by atoms with Crippen LogP contribution in [0.15, 0.2) is 73.1 Å². The third kappa shape index (κ3) is 3.48. The Morgan fingerprint density at radius 3 is 2.50 bits per heavy atom. The summed E-state index contributed by atoms with van der Waals surface area (Å²) in [5.74, 6) is -0.133. The van der Waals surface area contributed by atoms with Crippen LogP contribution >= 0.6 is 11.3 Å². The van der Waals surface area contributed by atoms with E-state index in [2.05, 4.69) is 32.7 Å². The van der Waals surface area contributed by atoms with Crippen LogP contribution in [0.4, 0.5) is 5.69 Å². The van der Waals surface area contributed by atoms with Gasteiger partial charge in [0.25, 0.3) is 5.91 Å². The van der Waals surface area contributed by atoms with E-state index in [1.165, 1.54) is 21.7 Å². The van der Waals surface area contributed by atoms with Crippen LogP contribution in [0.5, 0.6) is 0 Å². The summed E-state index contributed by atoms with van der Waals surface area (Å²) in [6, 6.07) is 19.5. The van der Waals surface area contributed by atoms with Crippen molar-refractivity contribution in [3.05, 3.63) is 89.2 Å². The van der Waals surface area contributed by atoms with Crippen LogP contribution < -0.4 is 5.32 Å². The van der Waals surface area contributed by atoms with Crippen LogP contribution in [0.25, 0.3) is 15.9 Å². The summed E-state index contributed by atoms with van der Waals surface area (Å²) in [7, 11) is 0. The first-order chi connectivity index (χ1) is 14.7. The van der Waals surface area contributed by atoms with Gasteiger partial charge in [0.1, 0.15) is 4.83 Å². The average Bonchev–Trinajstić information content (AvgIpc) is 3.49. The molecule has 0 atom stereocenters. The quantitative estimate of drug-likeness (QED) is 0.465. The van der Waals surface area contributed by atoms with Gasteiger partial charge >= 0.3 is 0 Å². The smallest absolute Gasteiger partial charge is 0.265 e. The van der Waals surface area contributed by atoms with E-state index in [1.54, 1.807) is 12.4 Å². The number of benzene rings is 2. The van der Waals surface area contributed by atoms with E-state index in [9.17, 15) is 4.79 Å². The summed E-state index contributed by atoms with van der Waals surface area (Å²) in [5, 5.41) is 16.8. The maximum absolute atomic E-state index is 12.8. The molecule has 0 aliphatic rings. The van der Waals surface area contributed by atoms with Gasteiger partial charge in [-0.1, -0.05) is 30.3 Å². The summed E-state index contributed by atoms with van der Waals surface area (Å²) < 4.78 is 1.97. The Morgan fingerprint density at radius 2 is 1.77 bits per heavy atom. The monoisotopic (exact) mass is 414 g/mol. The zero-order valence-electron chi connectivity index (χ0n) is 16.2. The number of aryl methyl sites for hydroxylation is 1. The Morgan fingerprint density at radius 1 is 1.03 bits per heavy atom. The molecule has 2 aromatic carbocycles. The average molecular weight is 414 g/mol. The maximum atomic E-state index is 12.8. The molecule has 0 saturated carbocycles. The van der Waals surface area contributed by atoms with Gasteiger partial charge in [0.15, 0.2) is 0 Å². The van der Waals surface area contributed by atoms with Gasteiger partial charge in [0, 0.05) is 11.1 Å². The first-order valence-corrected chi connectivity index (χ1v) is 10.3. The molecule has 5 aromatic rings. The lowest BCUT2D eigenvalue weighted by molar-refractivity contribution is 0.103. The number of carbonyl (C=O) groups is 1. The minimum Gasteiger partial charge on any atom is -0.321 e. The fourth-order valence-electron chi connectivity index (χ4n) is 3.31. The molecule has 3 aromatic heterocycles. The second-order valence-corrected chi connectivity index (χ2v) is 7.91. The van der Waals surface area contributed by atoms with Crippen molar-refractivity contribution < 1.29 is 4.79 Å². The highest BCUT2D eigenvalue weighted by molar-refractivity contribution is 7.20. The van der Waals surface area contributed by atoms with Crippen molar-refractivity contribution in [3.63, 3.8) is 0 Å². The van der Waals surface area contributed by atoms with E-state index in [0.717, 1.165) is 27.3 Å². The molecule has 5 rings (SSSR count). The summed E-state index contributed by atoms with van der Waals surface area (Å²) in [5.41, 5.74) is 3.65. The third-order valence-electron chi connectivity index (χ3n) is 4.78. The number of amides is 1. The van der Waals surface area contributed by atoms with Crippen molar-refractivity contribution in [3.8, 4) is 5.69 Å². The van der Waals surface area contributed by atoms with E-state index in [-0.39, 0.29) is 5.91 Å². The van der Waals surface area contributed by atoms with Crippen molar-refractivity contribution in [2.75, 3.05) is 5.32 Å². The summed E-state index contributed by atoms with van der Waals surface area (Å²) in [4.78, 5) is 16.0. The minimum absolute atomic E-state index is 0.133. The molecule has 8 heteroatoms. The highest BCUT2D eigenvalue weighted by atomic mass is 32.1. The molecular formula is C22H18N6OS. The van der Waals surface area contributed by atoms with Gasteiger partial charge < -0.3 is 5.32 Å². The molecule has 0 aliphatic carbocycles. The lowest BCUT2D eigenvalue weighted by Crippen LogP contribution is -2.10. The highest BCUT2D eigenvalue weighted by Crippen LogP contribution is 2.29. The molecule has 7 nitrogen and oxygen atoms in total. The van der Waals surface area contributed by atoms with Gasteiger partial charge in [-0.15, -0.1) is 11.3 Å². The topological polar surface area (TPSA) is 77.6 Å². The number of nitrogens with zero attached hydrogens (tertiary/aromatic N) is 5. The zero-order chi connectivity index (χ0) is 20.5. The standard InChI is InChI=1S/C22H18N6OS/c1-15-19-13-20(30-22(19)27(26-15)14-16-5-3-2-4-6-16)21(29)25-17-7-9-18(10-8-17)28-23-11-12-24-28/h2-13H,14H2,1H3,(H,25,29). The Kier molecular flexibility index (Phi) is 4.61. The molecule has 0 aliphatic heterocycles. The van der Waals surface area contributed by atoms with Crippen LogP contribution in [-0.2, 0) is 6.54 Å². The molecule has 0 unspecified atom stereocenters. The Labute approximate surface area is 176 Å². The first-order valence-electron chi connectivity index (χ1n) is 9.46. The van der Waals surface area contributed by atoms with E-state index in [4.69, 9.17) is 0 Å². The number of nitrogens with one attached hydrogen (secondary N) is 1. The van der Waals surface area contributed by atoms with Crippen LogP contribution in [-0.4, -0.2) is 30.7 Å². The zero-order valence-corrected chi connectivity index (χ0v) is 17.0. The molecule has 30 heavy (non-hydrogen) atoms. The minimum atomic E-state index is -0.133. The lowest BCUT2D eigenvalue weighted by atomic mass is 10.2. The predicted octanol–water partition coefficient (Wildman–Crippen LogP) is 4.29. The number of aromatic nitrogens is 5. The van der Waals surface area contributed by atoms with Crippen molar-refractivity contribution >= 4 is 33.1 Å². The number of anilines is 1. The van der Waals surface area contributed by atoms with Gasteiger partial charge in [-0.25, -0.2) is 0 Å². The maximum Gasteiger partial charge on any atom is 0.265 e. The summed E-state index contributed by atoms with van der Waals surface area (Å²) >= 11 is 1.46. The molecule has 148 valence electrons. The molecular weight excluding hydrogens is 396 g/mol.